The second-order valence-corrected chi connectivity index (χ2v) is 9.08. The molecule has 0 aliphatic carbocycles. The van der Waals surface area contributed by atoms with E-state index in [4.69, 9.17) is 19.7 Å². The number of hydrogen-bond acceptors (Lipinski definition) is 6. The Hall–Kier alpha value is -0.430. The normalized spacial score (nSPS) is 14.8. The molecule has 0 fully saturated rings. The zero-order chi connectivity index (χ0) is 22.3. The van der Waals surface area contributed by atoms with Gasteiger partial charge in [0.1, 0.15) is 12.7 Å². The van der Waals surface area contributed by atoms with Crippen LogP contribution in [-0.2, 0) is 23.1 Å². The van der Waals surface area contributed by atoms with E-state index in [9.17, 15) is 9.46 Å². The van der Waals surface area contributed by atoms with Gasteiger partial charge in [-0.3, -0.25) is 9.05 Å². The Labute approximate surface area is 184 Å². The lowest BCUT2D eigenvalue weighted by atomic mass is 10.0. The number of hydrogen-bond donors (Lipinski definition) is 2. The molecule has 7 nitrogen and oxygen atoms in total. The molecule has 30 heavy (non-hydrogen) atoms. The predicted molar refractivity (Wildman–Crippen MR) is 122 cm³/mol. The summed E-state index contributed by atoms with van der Waals surface area (Å²) in [5.74, 6) is 0. The van der Waals surface area contributed by atoms with Gasteiger partial charge in [0.05, 0.1) is 19.5 Å². The summed E-state index contributed by atoms with van der Waals surface area (Å²) in [6, 6.07) is 0. The number of unbranched alkanes of at least 4 members (excludes halogenated alkanes) is 12. The quantitative estimate of drug-likeness (QED) is 0.116. The molecule has 0 aromatic rings. The first-order chi connectivity index (χ1) is 14.6. The molecule has 0 saturated carbocycles. The van der Waals surface area contributed by atoms with E-state index in [-0.39, 0.29) is 26.4 Å². The molecule has 2 unspecified atom stereocenters. The minimum absolute atomic E-state index is 0.0379. The molecular formula is C22H46NO6P. The summed E-state index contributed by atoms with van der Waals surface area (Å²) in [7, 11) is -2.59. The van der Waals surface area contributed by atoms with E-state index in [0.717, 1.165) is 6.42 Å². The highest BCUT2D eigenvalue weighted by molar-refractivity contribution is 7.47. The van der Waals surface area contributed by atoms with Crippen LogP contribution >= 0.6 is 7.82 Å². The number of phosphoric acid groups is 1. The van der Waals surface area contributed by atoms with Gasteiger partial charge in [0.2, 0.25) is 0 Å². The molecule has 8 heteroatoms. The minimum atomic E-state index is -4.09. The fraction of sp³-hybridized carbons (Fsp3) is 0.909. The lowest BCUT2D eigenvalue weighted by Crippen LogP contribution is -2.23. The van der Waals surface area contributed by atoms with Gasteiger partial charge in [0.25, 0.3) is 0 Å². The SMILES string of the molecule is CCCCCCCCCCCCCC/C=C\OCC(COP(=O)(O)OCCN)OC. The first-order valence-corrected chi connectivity index (χ1v) is 13.2. The van der Waals surface area contributed by atoms with E-state index in [1.165, 1.54) is 84.2 Å². The molecule has 3 N–H and O–H groups in total. The van der Waals surface area contributed by atoms with Crippen molar-refractivity contribution in [2.75, 3.05) is 33.5 Å². The highest BCUT2D eigenvalue weighted by Gasteiger charge is 2.23. The molecule has 0 aromatic carbocycles. The van der Waals surface area contributed by atoms with Crippen LogP contribution in [0.4, 0.5) is 0 Å². The van der Waals surface area contributed by atoms with Crippen LogP contribution < -0.4 is 5.73 Å². The Kier molecular flexibility index (Phi) is 21.5. The van der Waals surface area contributed by atoms with Crippen molar-refractivity contribution in [3.8, 4) is 0 Å². The summed E-state index contributed by atoms with van der Waals surface area (Å²) in [5, 5.41) is 0. The maximum absolute atomic E-state index is 11.6. The molecule has 0 aliphatic heterocycles. The van der Waals surface area contributed by atoms with Gasteiger partial charge in [0, 0.05) is 13.7 Å². The Morgan fingerprint density at radius 2 is 1.47 bits per heavy atom. The van der Waals surface area contributed by atoms with Crippen LogP contribution in [-0.4, -0.2) is 44.5 Å². The van der Waals surface area contributed by atoms with Gasteiger partial charge in [-0.15, -0.1) is 0 Å². The molecule has 0 amide bonds. The maximum atomic E-state index is 11.6. The van der Waals surface area contributed by atoms with E-state index in [1.807, 2.05) is 6.08 Å². The molecule has 0 aromatic heterocycles. The zero-order valence-electron chi connectivity index (χ0n) is 19.3. The number of ether oxygens (including phenoxy) is 2. The second-order valence-electron chi connectivity index (χ2n) is 7.63. The van der Waals surface area contributed by atoms with Gasteiger partial charge in [0.15, 0.2) is 0 Å². The Balaban J connectivity index is 3.51. The largest absolute Gasteiger partial charge is 0.499 e. The molecule has 0 saturated heterocycles. The van der Waals surface area contributed by atoms with Crippen molar-refractivity contribution in [1.82, 2.24) is 0 Å². The minimum Gasteiger partial charge on any atom is -0.499 e. The summed E-state index contributed by atoms with van der Waals surface area (Å²) >= 11 is 0. The summed E-state index contributed by atoms with van der Waals surface area (Å²) < 4.78 is 31.7. The second kappa shape index (κ2) is 21.8. The highest BCUT2D eigenvalue weighted by atomic mass is 31.2. The number of rotatable bonds is 23. The van der Waals surface area contributed by atoms with Gasteiger partial charge in [-0.05, 0) is 18.9 Å². The van der Waals surface area contributed by atoms with Crippen LogP contribution in [0.5, 0.6) is 0 Å². The number of nitrogens with two attached hydrogens (primary N) is 1. The first kappa shape index (κ1) is 29.6. The Bertz CT molecular complexity index is 436. The van der Waals surface area contributed by atoms with Gasteiger partial charge >= 0.3 is 7.82 Å². The lowest BCUT2D eigenvalue weighted by Gasteiger charge is -2.17. The van der Waals surface area contributed by atoms with Crippen LogP contribution in [0, 0.1) is 0 Å². The lowest BCUT2D eigenvalue weighted by molar-refractivity contribution is 0.00114. The summed E-state index contributed by atoms with van der Waals surface area (Å²) in [5.41, 5.74) is 5.23. The third kappa shape index (κ3) is 20.8. The van der Waals surface area contributed by atoms with Gasteiger partial charge in [-0.1, -0.05) is 77.6 Å². The zero-order valence-corrected chi connectivity index (χ0v) is 20.2. The van der Waals surface area contributed by atoms with Crippen LogP contribution in [0.3, 0.4) is 0 Å². The van der Waals surface area contributed by atoms with Crippen molar-refractivity contribution in [2.24, 2.45) is 5.73 Å². The number of allylic oxidation sites excluding steroid dienone is 1. The molecule has 180 valence electrons. The van der Waals surface area contributed by atoms with E-state index in [0.29, 0.717) is 0 Å². The Morgan fingerprint density at radius 1 is 0.900 bits per heavy atom. The monoisotopic (exact) mass is 451 g/mol. The van der Waals surface area contributed by atoms with Crippen molar-refractivity contribution in [1.29, 1.82) is 0 Å². The van der Waals surface area contributed by atoms with Crippen LogP contribution in [0.25, 0.3) is 0 Å². The molecule has 0 heterocycles. The fourth-order valence-electron chi connectivity index (χ4n) is 2.97. The van der Waals surface area contributed by atoms with Crippen LogP contribution in [0.2, 0.25) is 0 Å². The topological polar surface area (TPSA) is 100 Å². The van der Waals surface area contributed by atoms with Crippen LogP contribution in [0.1, 0.15) is 90.4 Å². The summed E-state index contributed by atoms with van der Waals surface area (Å²) in [6.07, 6.45) is 20.3. The van der Waals surface area contributed by atoms with E-state index in [1.54, 1.807) is 6.26 Å². The van der Waals surface area contributed by atoms with Crippen molar-refractivity contribution in [2.45, 2.75) is 96.5 Å². The van der Waals surface area contributed by atoms with Gasteiger partial charge in [-0.25, -0.2) is 4.57 Å². The van der Waals surface area contributed by atoms with Crippen LogP contribution in [0.15, 0.2) is 12.3 Å². The van der Waals surface area contributed by atoms with E-state index in [2.05, 4.69) is 11.4 Å². The molecule has 0 aliphatic rings. The average molecular weight is 452 g/mol. The van der Waals surface area contributed by atoms with Gasteiger partial charge in [-0.2, -0.15) is 0 Å². The Morgan fingerprint density at radius 3 is 2.00 bits per heavy atom. The van der Waals surface area contributed by atoms with Crippen molar-refractivity contribution >= 4 is 7.82 Å². The molecule has 0 radical (unpaired) electrons. The number of phosphoric ester groups is 1. The third-order valence-corrected chi connectivity index (χ3v) is 5.81. The van der Waals surface area contributed by atoms with E-state index >= 15 is 0 Å². The fourth-order valence-corrected chi connectivity index (χ4v) is 3.73. The first-order valence-electron chi connectivity index (χ1n) is 11.7. The molecule has 0 spiro atoms. The van der Waals surface area contributed by atoms with Crippen molar-refractivity contribution < 1.29 is 28.0 Å². The predicted octanol–water partition coefficient (Wildman–Crippen LogP) is 5.72. The molecule has 0 rings (SSSR count). The summed E-state index contributed by atoms with van der Waals surface area (Å²) in [6.45, 7) is 2.51. The molecular weight excluding hydrogens is 405 g/mol. The maximum Gasteiger partial charge on any atom is 0.472 e. The van der Waals surface area contributed by atoms with Crippen molar-refractivity contribution in [3.05, 3.63) is 12.3 Å². The van der Waals surface area contributed by atoms with E-state index < -0.39 is 13.9 Å². The standard InChI is InChI=1S/C22H46NO6P/c1-3-4-5-6-7-8-9-10-11-12-13-14-15-16-18-27-20-22(26-2)21-29-30(24,25)28-19-17-23/h16,18,22H,3-15,17,19-21,23H2,1-2H3,(H,24,25)/b18-16-. The van der Waals surface area contributed by atoms with Gasteiger partial charge < -0.3 is 20.1 Å². The number of methoxy groups -OCH3 is 1. The average Bonchev–Trinajstić information content (AvgIpc) is 2.74. The third-order valence-electron chi connectivity index (χ3n) is 4.83. The van der Waals surface area contributed by atoms with Crippen molar-refractivity contribution in [3.63, 3.8) is 0 Å². The summed E-state index contributed by atoms with van der Waals surface area (Å²) in [4.78, 5) is 9.45. The smallest absolute Gasteiger partial charge is 0.472 e. The molecule has 0 bridgehead atoms. The molecule has 2 atom stereocenters. The highest BCUT2D eigenvalue weighted by Crippen LogP contribution is 2.42.